The fourth-order valence-electron chi connectivity index (χ4n) is 8.98. The van der Waals surface area contributed by atoms with Crippen molar-refractivity contribution < 1.29 is 42.3 Å². The quantitative estimate of drug-likeness (QED) is 0.0404. The highest BCUT2D eigenvalue weighted by Crippen LogP contribution is 2.34. The van der Waals surface area contributed by atoms with E-state index in [-0.39, 0.29) is 68.1 Å². The molecule has 7 rings (SSSR count). The molecule has 0 unspecified atom stereocenters. The lowest BCUT2D eigenvalue weighted by Gasteiger charge is -2.42. The van der Waals surface area contributed by atoms with E-state index < -0.39 is 51.3 Å². The number of rotatable bonds is 23. The third-order valence-corrected chi connectivity index (χ3v) is 15.5. The van der Waals surface area contributed by atoms with Gasteiger partial charge >= 0.3 is 0 Å². The summed E-state index contributed by atoms with van der Waals surface area (Å²) in [4.78, 5) is 98.6. The number of aromatic nitrogens is 4. The number of nitrogens with one attached hydrogen (secondary N) is 2. The predicted molar refractivity (Wildman–Crippen MR) is 288 cm³/mol. The molecule has 1 saturated heterocycles. The van der Waals surface area contributed by atoms with Crippen molar-refractivity contribution in [3.8, 4) is 32.8 Å². The van der Waals surface area contributed by atoms with Crippen molar-refractivity contribution in [2.24, 2.45) is 11.1 Å². The Morgan fingerprint density at radius 1 is 0.933 bits per heavy atom. The Kier molecular flexibility index (Phi) is 18.1. The molecule has 0 saturated carbocycles. The molecule has 1 fully saturated rings. The Morgan fingerprint density at radius 3 is 2.32 bits per heavy atom. The van der Waals surface area contributed by atoms with Crippen LogP contribution in [0.2, 0.25) is 0 Å². The van der Waals surface area contributed by atoms with E-state index in [0.29, 0.717) is 43.5 Å². The van der Waals surface area contributed by atoms with Gasteiger partial charge in [0.05, 0.1) is 52.1 Å². The van der Waals surface area contributed by atoms with Gasteiger partial charge in [-0.05, 0) is 71.7 Å². The lowest BCUT2D eigenvalue weighted by molar-refractivity contribution is -0.153. The van der Waals surface area contributed by atoms with Crippen molar-refractivity contribution in [2.45, 2.75) is 104 Å². The van der Waals surface area contributed by atoms with Gasteiger partial charge in [-0.1, -0.05) is 76.1 Å². The highest BCUT2D eigenvalue weighted by molar-refractivity contribution is 7.89. The van der Waals surface area contributed by atoms with Gasteiger partial charge in [0.15, 0.2) is 5.13 Å². The number of thiazole rings is 2. The molecular weight excluding hydrogens is 1020 g/mol. The summed E-state index contributed by atoms with van der Waals surface area (Å²) in [5.41, 5.74) is 12.7. The summed E-state index contributed by atoms with van der Waals surface area (Å²) < 4.78 is 24.8. The van der Waals surface area contributed by atoms with Crippen LogP contribution < -0.4 is 21.3 Å². The van der Waals surface area contributed by atoms with Gasteiger partial charge in [-0.15, -0.1) is 22.7 Å². The molecule has 6 aromatic rings. The number of aliphatic hydroxyl groups is 1. The van der Waals surface area contributed by atoms with Crippen molar-refractivity contribution in [1.82, 2.24) is 34.0 Å². The Labute approximate surface area is 444 Å². The molecule has 0 bridgehead atoms. The number of unbranched alkanes of at least 4 members (excludes halogenated alkanes) is 3. The second-order valence-electron chi connectivity index (χ2n) is 19.6. The monoisotopic (exact) mass is 1080 g/mol. The molecule has 6 amide bonds. The molecule has 4 aromatic heterocycles. The van der Waals surface area contributed by atoms with Crippen LogP contribution in [0.1, 0.15) is 82.7 Å². The van der Waals surface area contributed by atoms with Crippen molar-refractivity contribution in [3.05, 3.63) is 113 Å². The van der Waals surface area contributed by atoms with Gasteiger partial charge in [0.1, 0.15) is 18.6 Å². The van der Waals surface area contributed by atoms with Gasteiger partial charge in [-0.25, -0.2) is 18.4 Å². The van der Waals surface area contributed by atoms with Crippen LogP contribution in [0.15, 0.2) is 96.2 Å². The van der Waals surface area contributed by atoms with Crippen LogP contribution in [0.25, 0.3) is 32.8 Å². The zero-order chi connectivity index (χ0) is 54.0. The van der Waals surface area contributed by atoms with E-state index in [2.05, 4.69) is 25.6 Å². The van der Waals surface area contributed by atoms with Gasteiger partial charge in [0.25, 0.3) is 0 Å². The Balaban J connectivity index is 1.08. The molecule has 1 aliphatic rings. The molecule has 2 aromatic carbocycles. The molecule has 19 nitrogen and oxygen atoms in total. The number of β-amino-alcohol motifs (C(OH)–C–C–N with tert-alkyl or cyclic N) is 1. The number of hydrogen-bond acceptors (Lipinski definition) is 14. The van der Waals surface area contributed by atoms with Gasteiger partial charge < -0.3 is 36.2 Å². The number of likely N-dealkylation sites (tertiary alicyclic amines) is 1. The van der Waals surface area contributed by atoms with Gasteiger partial charge in [0, 0.05) is 61.9 Å². The number of carbonyl (C=O) groups is 6. The first-order chi connectivity index (χ1) is 35.7. The third-order valence-electron chi connectivity index (χ3n) is 12.7. The van der Waals surface area contributed by atoms with Crippen molar-refractivity contribution in [3.63, 3.8) is 0 Å². The molecule has 0 aliphatic carbocycles. The molecule has 0 spiro atoms. The number of aryl methyl sites for hydroxylation is 1. The van der Waals surface area contributed by atoms with Crippen LogP contribution in [-0.2, 0) is 51.9 Å². The summed E-state index contributed by atoms with van der Waals surface area (Å²) in [6.07, 6.45) is 7.50. The number of nitrogens with zero attached hydrogens (tertiary/aromatic N) is 7. The summed E-state index contributed by atoms with van der Waals surface area (Å²) >= 11 is 2.74. The molecular formula is C53H62N10O9S3. The minimum Gasteiger partial charge on any atom is -0.391 e. The first kappa shape index (κ1) is 55.6. The number of benzene rings is 2. The van der Waals surface area contributed by atoms with Crippen molar-refractivity contribution >= 4 is 79.5 Å². The number of nitrogens with two attached hydrogens (primary N) is 1. The first-order valence-electron chi connectivity index (χ1n) is 24.4. The summed E-state index contributed by atoms with van der Waals surface area (Å²) in [6, 6.07) is 18.4. The van der Waals surface area contributed by atoms with E-state index in [1.54, 1.807) is 33.3 Å². The highest BCUT2D eigenvalue weighted by atomic mass is 32.2. The second kappa shape index (κ2) is 24.5. The van der Waals surface area contributed by atoms with Crippen LogP contribution >= 0.6 is 22.7 Å². The third kappa shape index (κ3) is 14.6. The molecule has 75 heavy (non-hydrogen) atoms. The topological polar surface area (TPSA) is 260 Å². The van der Waals surface area contributed by atoms with Gasteiger partial charge in [0.2, 0.25) is 46.0 Å². The van der Waals surface area contributed by atoms with E-state index in [1.807, 2.05) is 88.4 Å². The lowest BCUT2D eigenvalue weighted by atomic mass is 9.84. The van der Waals surface area contributed by atoms with E-state index in [1.165, 1.54) is 34.7 Å². The van der Waals surface area contributed by atoms with Gasteiger partial charge in [-0.3, -0.25) is 37.7 Å². The minimum atomic E-state index is -3.59. The minimum absolute atomic E-state index is 0.0308. The van der Waals surface area contributed by atoms with Crippen molar-refractivity contribution in [2.75, 3.05) is 29.6 Å². The van der Waals surface area contributed by atoms with Crippen LogP contribution in [0.5, 0.6) is 0 Å². The van der Waals surface area contributed by atoms with E-state index in [9.17, 15) is 37.5 Å². The maximum absolute atomic E-state index is 15.1. The first-order valence-corrected chi connectivity index (χ1v) is 28.0. The SMILES string of the molecule is Cc1ncsc1-c1ccc(CNC(=O)[C@@H]2C[C@@H](O)CN2C(=O)[C@@H](N(Cc2cc(-c3cccc(-c4csc(NC(=O)CN(C=O)c5ccn(S(C)(=O)=O)c5)n4)c3)ccn2)C(=O)CCCCCCC(N)=O)C(C)(C)C)cc1. The molecule has 0 radical (unpaired) electrons. The van der Waals surface area contributed by atoms with E-state index in [0.717, 1.165) is 53.5 Å². The molecule has 5 heterocycles. The van der Waals surface area contributed by atoms with Crippen LogP contribution in [0, 0.1) is 12.3 Å². The number of anilines is 2. The summed E-state index contributed by atoms with van der Waals surface area (Å²) in [5, 5.41) is 18.7. The normalized spacial score (nSPS) is 15.0. The Hall–Kier alpha value is -7.14. The van der Waals surface area contributed by atoms with Crippen molar-refractivity contribution in [1.29, 1.82) is 0 Å². The number of pyridine rings is 1. The van der Waals surface area contributed by atoms with E-state index in [4.69, 9.17) is 5.73 Å². The van der Waals surface area contributed by atoms with Crippen LogP contribution in [0.4, 0.5) is 10.8 Å². The summed E-state index contributed by atoms with van der Waals surface area (Å²) in [6.45, 7) is 7.23. The van der Waals surface area contributed by atoms with Gasteiger partial charge in [-0.2, -0.15) is 0 Å². The smallest absolute Gasteiger partial charge is 0.246 e. The average molecular weight is 1080 g/mol. The number of aliphatic hydroxyl groups excluding tert-OH is 1. The molecule has 5 N–H and O–H groups in total. The summed E-state index contributed by atoms with van der Waals surface area (Å²) in [7, 11) is -3.59. The zero-order valence-corrected chi connectivity index (χ0v) is 44.9. The van der Waals surface area contributed by atoms with Crippen LogP contribution in [-0.4, -0.2) is 116 Å². The lowest BCUT2D eigenvalue weighted by Crippen LogP contribution is -2.59. The maximum Gasteiger partial charge on any atom is 0.246 e. The predicted octanol–water partition coefficient (Wildman–Crippen LogP) is 6.36. The second-order valence-corrected chi connectivity index (χ2v) is 23.2. The number of carbonyl (C=O) groups excluding carboxylic acids is 6. The largest absolute Gasteiger partial charge is 0.391 e. The van der Waals surface area contributed by atoms with E-state index >= 15 is 4.79 Å². The molecule has 3 atom stereocenters. The maximum atomic E-state index is 15.1. The Morgan fingerprint density at radius 2 is 1.65 bits per heavy atom. The highest BCUT2D eigenvalue weighted by Gasteiger charge is 2.47. The Bertz CT molecular complexity index is 3130. The van der Waals surface area contributed by atoms with Crippen LogP contribution in [0.3, 0.4) is 0 Å². The molecule has 1 aliphatic heterocycles. The fourth-order valence-corrected chi connectivity index (χ4v) is 11.1. The zero-order valence-electron chi connectivity index (χ0n) is 42.5. The molecule has 22 heteroatoms. The number of amides is 6. The molecule has 396 valence electrons. The summed E-state index contributed by atoms with van der Waals surface area (Å²) in [5.74, 6) is -2.10. The standard InChI is InChI=1S/C53H62N10O9S3/c1-34-48(74-32-57-34)36-17-15-35(16-18-36)26-56-50(69)44-25-42(65)29-62(44)51(70)49(53(2,3)4)63(47(68)14-9-7-6-8-13-45(54)66)27-40-24-38(19-21-55-40)37-11-10-12-39(23-37)43-31-73-52(58-43)59-46(67)30-60(33-64)41-20-22-61(28-41)75(5,71)72/h10-12,15-24,28,31-33,42,44,49,65H,6-9,13-14,25-27,29-30H2,1-5H3,(H2,54,66)(H,56,69)(H,58,59,67)/t42-,44+,49-/m1/s1. The number of hydrogen-bond donors (Lipinski definition) is 4. The number of primary amides is 1. The average Bonchev–Trinajstić information content (AvgIpc) is 4.21. The fraction of sp³-hybridized carbons (Fsp3) is 0.377.